The number of amides is 1. The molecule has 4 aromatic rings. The van der Waals surface area contributed by atoms with Crippen molar-refractivity contribution in [2.75, 3.05) is 31.3 Å². The van der Waals surface area contributed by atoms with Gasteiger partial charge in [-0.3, -0.25) is 9.78 Å². The second kappa shape index (κ2) is 13.0. The Balaban J connectivity index is 1.23. The number of nitrogens with zero attached hydrogens (tertiary/aromatic N) is 4. The highest BCUT2D eigenvalue weighted by atomic mass is 19.4. The van der Waals surface area contributed by atoms with Gasteiger partial charge in [0.05, 0.1) is 23.3 Å². The number of rotatable bonds is 10. The Morgan fingerprint density at radius 2 is 1.95 bits per heavy atom. The number of nitrogens with one attached hydrogen (secondary N) is 4. The lowest BCUT2D eigenvalue weighted by Gasteiger charge is -2.35. The highest BCUT2D eigenvalue weighted by Gasteiger charge is 2.36. The Morgan fingerprint density at radius 3 is 2.70 bits per heavy atom. The number of fused-ring (bicyclic) bond motifs is 1. The van der Waals surface area contributed by atoms with Gasteiger partial charge in [0.2, 0.25) is 11.9 Å². The molecular formula is C32H35F3N8O. The van der Waals surface area contributed by atoms with Crippen LogP contribution in [0.2, 0.25) is 0 Å². The Labute approximate surface area is 253 Å². The maximum atomic E-state index is 13.9. The summed E-state index contributed by atoms with van der Waals surface area (Å²) in [5, 5.41) is 10.2. The number of carbonyl (C=O) groups excluding carboxylic acids is 1. The molecule has 9 nitrogen and oxygen atoms in total. The maximum absolute atomic E-state index is 13.9. The average Bonchev–Trinajstić information content (AvgIpc) is 3.40. The van der Waals surface area contributed by atoms with Gasteiger partial charge >= 0.3 is 6.18 Å². The molecule has 1 aliphatic rings. The van der Waals surface area contributed by atoms with Gasteiger partial charge in [-0.2, -0.15) is 13.2 Å². The number of anilines is 2. The molecule has 1 aliphatic carbocycles. The topological polar surface area (TPSA) is 111 Å². The van der Waals surface area contributed by atoms with Crippen LogP contribution in [-0.4, -0.2) is 56.9 Å². The van der Waals surface area contributed by atoms with Gasteiger partial charge in [0.1, 0.15) is 5.56 Å². The molecule has 44 heavy (non-hydrogen) atoms. The van der Waals surface area contributed by atoms with Gasteiger partial charge in [-0.1, -0.05) is 30.4 Å². The number of H-pyrrole nitrogens is 1. The van der Waals surface area contributed by atoms with Crippen molar-refractivity contribution in [2.45, 2.75) is 44.4 Å². The summed E-state index contributed by atoms with van der Waals surface area (Å²) in [7, 11) is 3.85. The normalized spacial score (nSPS) is 17.3. The molecule has 1 aromatic carbocycles. The third-order valence-electron chi connectivity index (χ3n) is 7.41. The van der Waals surface area contributed by atoms with Gasteiger partial charge in [-0.25, -0.2) is 9.97 Å². The fourth-order valence-corrected chi connectivity index (χ4v) is 5.12. The van der Waals surface area contributed by atoms with Crippen LogP contribution in [0.25, 0.3) is 22.2 Å². The molecule has 3 heterocycles. The van der Waals surface area contributed by atoms with E-state index >= 15 is 0 Å². The molecule has 0 aliphatic heterocycles. The van der Waals surface area contributed by atoms with Crippen molar-refractivity contribution in [3.05, 3.63) is 90.2 Å². The third kappa shape index (κ3) is 7.69. The summed E-state index contributed by atoms with van der Waals surface area (Å²) < 4.78 is 41.8. The number of hydrogen-bond acceptors (Lipinski definition) is 7. The first-order chi connectivity index (χ1) is 21.0. The van der Waals surface area contributed by atoms with Crippen LogP contribution in [0.1, 0.15) is 37.4 Å². The highest BCUT2D eigenvalue weighted by Crippen LogP contribution is 2.39. The van der Waals surface area contributed by atoms with E-state index in [0.29, 0.717) is 36.1 Å². The van der Waals surface area contributed by atoms with Crippen LogP contribution in [0.15, 0.2) is 78.9 Å². The Bertz CT molecular complexity index is 1680. The first-order valence-electron chi connectivity index (χ1n) is 14.3. The van der Waals surface area contributed by atoms with E-state index in [2.05, 4.69) is 42.8 Å². The standard InChI is InChI=1S/C32H35F3N8O/c1-31(39-18-22-12-13-23(17-36-22)40-28(44)11-7-15-43(2)3)14-6-8-21(16-31)41-30-38-20-26(32(33,34)35)29(42-30)25-19-37-27-10-5-4-9-24(25)27/h4-5,7-13,17,19-20,37,39H,6,14-16,18H2,1-3H3,(H,40,44)(H,38,41,42)/b11-7+/t31-/m0/s1. The van der Waals surface area contributed by atoms with Crippen LogP contribution in [0, 0.1) is 0 Å². The molecule has 1 atom stereocenters. The second-order valence-corrected chi connectivity index (χ2v) is 11.4. The summed E-state index contributed by atoms with van der Waals surface area (Å²) in [5.74, 6) is -0.115. The minimum absolute atomic E-state index is 0.102. The van der Waals surface area contributed by atoms with Gasteiger partial charge in [0.15, 0.2) is 0 Å². The van der Waals surface area contributed by atoms with Crippen LogP contribution in [0.5, 0.6) is 0 Å². The lowest BCUT2D eigenvalue weighted by Crippen LogP contribution is -2.44. The van der Waals surface area contributed by atoms with Crippen LogP contribution in [0.4, 0.5) is 24.8 Å². The molecule has 230 valence electrons. The molecule has 12 heteroatoms. The highest BCUT2D eigenvalue weighted by molar-refractivity contribution is 5.99. The van der Waals surface area contributed by atoms with Crippen LogP contribution in [-0.2, 0) is 17.5 Å². The molecule has 0 spiro atoms. The van der Waals surface area contributed by atoms with E-state index in [-0.39, 0.29) is 23.1 Å². The van der Waals surface area contributed by atoms with Crippen LogP contribution < -0.4 is 16.0 Å². The molecule has 0 saturated carbocycles. The predicted octanol–water partition coefficient (Wildman–Crippen LogP) is 6.12. The van der Waals surface area contributed by atoms with Crippen molar-refractivity contribution < 1.29 is 18.0 Å². The zero-order valence-electron chi connectivity index (χ0n) is 24.8. The first-order valence-corrected chi connectivity index (χ1v) is 14.3. The molecule has 0 bridgehead atoms. The number of hydrogen-bond donors (Lipinski definition) is 4. The fraction of sp³-hybridized carbons (Fsp3) is 0.312. The minimum Gasteiger partial charge on any atom is -0.360 e. The Hall–Kier alpha value is -4.55. The molecule has 5 rings (SSSR count). The Kier molecular flexibility index (Phi) is 9.12. The fourth-order valence-electron chi connectivity index (χ4n) is 5.12. The molecule has 0 fully saturated rings. The summed E-state index contributed by atoms with van der Waals surface area (Å²) >= 11 is 0. The first kappa shape index (κ1) is 30.9. The van der Waals surface area contributed by atoms with E-state index in [1.54, 1.807) is 36.7 Å². The van der Waals surface area contributed by atoms with E-state index in [1.807, 2.05) is 43.3 Å². The van der Waals surface area contributed by atoms with E-state index in [9.17, 15) is 18.0 Å². The van der Waals surface area contributed by atoms with E-state index in [1.165, 1.54) is 6.08 Å². The lowest BCUT2D eigenvalue weighted by atomic mass is 9.85. The maximum Gasteiger partial charge on any atom is 0.419 e. The van der Waals surface area contributed by atoms with Crippen molar-refractivity contribution in [3.8, 4) is 11.3 Å². The van der Waals surface area contributed by atoms with Crippen molar-refractivity contribution >= 4 is 28.4 Å². The number of aromatic nitrogens is 4. The largest absolute Gasteiger partial charge is 0.419 e. The number of benzene rings is 1. The monoisotopic (exact) mass is 604 g/mol. The number of likely N-dealkylation sites (N-methyl/N-ethyl adjacent to an activating group) is 1. The minimum atomic E-state index is -4.61. The molecule has 0 radical (unpaired) electrons. The third-order valence-corrected chi connectivity index (χ3v) is 7.41. The van der Waals surface area contributed by atoms with Crippen LogP contribution >= 0.6 is 0 Å². The molecule has 0 saturated heterocycles. The zero-order chi connectivity index (χ0) is 31.3. The van der Waals surface area contributed by atoms with Gasteiger partial charge in [0, 0.05) is 65.7 Å². The van der Waals surface area contributed by atoms with E-state index < -0.39 is 11.7 Å². The molecule has 1 amide bonds. The van der Waals surface area contributed by atoms with Gasteiger partial charge in [-0.05, 0) is 52.1 Å². The summed E-state index contributed by atoms with van der Waals surface area (Å²) in [6, 6.07) is 10.8. The summed E-state index contributed by atoms with van der Waals surface area (Å²) in [6.07, 6.45) is 6.92. The second-order valence-electron chi connectivity index (χ2n) is 11.4. The van der Waals surface area contributed by atoms with E-state index in [0.717, 1.165) is 35.9 Å². The number of halogens is 3. The molecular weight excluding hydrogens is 569 g/mol. The zero-order valence-corrected chi connectivity index (χ0v) is 24.8. The summed E-state index contributed by atoms with van der Waals surface area (Å²) in [5.41, 5.74) is 1.96. The molecule has 4 N–H and O–H groups in total. The summed E-state index contributed by atoms with van der Waals surface area (Å²) in [6.45, 7) is 3.27. The number of carbonyl (C=O) groups is 1. The molecule has 0 unspecified atom stereocenters. The van der Waals surface area contributed by atoms with Crippen molar-refractivity contribution in [3.63, 3.8) is 0 Å². The molecule has 3 aromatic heterocycles. The van der Waals surface area contributed by atoms with Gasteiger partial charge in [0.25, 0.3) is 0 Å². The lowest BCUT2D eigenvalue weighted by molar-refractivity contribution is -0.137. The smallest absolute Gasteiger partial charge is 0.360 e. The van der Waals surface area contributed by atoms with Crippen molar-refractivity contribution in [1.82, 2.24) is 30.2 Å². The van der Waals surface area contributed by atoms with Crippen molar-refractivity contribution in [2.24, 2.45) is 0 Å². The van der Waals surface area contributed by atoms with E-state index in [4.69, 9.17) is 0 Å². The number of para-hydroxylation sites is 1. The Morgan fingerprint density at radius 1 is 1.14 bits per heavy atom. The SMILES string of the molecule is CN(C)C/C=C/C(=O)Nc1ccc(CN[C@@]2(C)CCC=C(Nc3ncc(C(F)(F)F)c(-c4c[nH]c5ccccc45)n3)C2)nc1. The van der Waals surface area contributed by atoms with Crippen molar-refractivity contribution in [1.29, 1.82) is 0 Å². The number of aromatic amines is 1. The number of alkyl halides is 3. The number of allylic oxidation sites excluding steroid dienone is 1. The number of pyridine rings is 1. The predicted molar refractivity (Wildman–Crippen MR) is 166 cm³/mol. The van der Waals surface area contributed by atoms with Crippen LogP contribution in [0.3, 0.4) is 0 Å². The van der Waals surface area contributed by atoms with Gasteiger partial charge in [-0.15, -0.1) is 0 Å². The quantitative estimate of drug-likeness (QED) is 0.161. The average molecular weight is 605 g/mol. The van der Waals surface area contributed by atoms with Gasteiger partial charge < -0.3 is 25.8 Å². The summed E-state index contributed by atoms with van der Waals surface area (Å²) in [4.78, 5) is 29.9.